The lowest BCUT2D eigenvalue weighted by Crippen LogP contribution is -2.40. The average molecular weight is 402 g/mol. The summed E-state index contributed by atoms with van der Waals surface area (Å²) in [7, 11) is 0. The molecule has 0 atom stereocenters. The summed E-state index contributed by atoms with van der Waals surface area (Å²) >= 11 is 3.34. The fraction of sp³-hybridized carbons (Fsp3) is 0.176. The van der Waals surface area contributed by atoms with E-state index in [9.17, 15) is 4.79 Å². The maximum absolute atomic E-state index is 12.6. The predicted molar refractivity (Wildman–Crippen MR) is 96.4 cm³/mol. The number of nitrogens with one attached hydrogen (secondary N) is 1. The molecule has 7 nitrogen and oxygen atoms in total. The zero-order chi connectivity index (χ0) is 17.9. The normalized spacial score (nSPS) is 11.2. The minimum absolute atomic E-state index is 0.178. The molecule has 3 aromatic rings. The van der Waals surface area contributed by atoms with Crippen LogP contribution in [0.5, 0.6) is 11.8 Å². The van der Waals surface area contributed by atoms with E-state index in [1.54, 1.807) is 73.6 Å². The number of aromatic nitrogens is 4. The lowest BCUT2D eigenvalue weighted by atomic mass is 10.0. The van der Waals surface area contributed by atoms with Crippen LogP contribution in [0.2, 0.25) is 0 Å². The van der Waals surface area contributed by atoms with E-state index < -0.39 is 5.54 Å². The van der Waals surface area contributed by atoms with Gasteiger partial charge in [0.15, 0.2) is 0 Å². The molecule has 1 N–H and O–H groups in total. The molecule has 0 bridgehead atoms. The number of anilines is 1. The van der Waals surface area contributed by atoms with Crippen molar-refractivity contribution in [2.45, 2.75) is 19.4 Å². The maximum atomic E-state index is 12.6. The minimum Gasteiger partial charge on any atom is -0.424 e. The first-order valence-electron chi connectivity index (χ1n) is 7.52. The Morgan fingerprint density at radius 3 is 2.48 bits per heavy atom. The van der Waals surface area contributed by atoms with E-state index in [-0.39, 0.29) is 11.9 Å². The molecular formula is C17H16BrN5O2. The van der Waals surface area contributed by atoms with Gasteiger partial charge in [0.25, 0.3) is 5.91 Å². The molecule has 0 aliphatic carbocycles. The van der Waals surface area contributed by atoms with Gasteiger partial charge in [-0.15, -0.1) is 0 Å². The molecule has 0 spiro atoms. The summed E-state index contributed by atoms with van der Waals surface area (Å²) < 4.78 is 7.95. The van der Waals surface area contributed by atoms with Gasteiger partial charge in [-0.2, -0.15) is 5.10 Å². The third-order valence-electron chi connectivity index (χ3n) is 3.54. The second-order valence-corrected chi connectivity index (χ2v) is 6.69. The van der Waals surface area contributed by atoms with Gasteiger partial charge in [0.1, 0.15) is 11.3 Å². The van der Waals surface area contributed by atoms with Crippen LogP contribution in [0.3, 0.4) is 0 Å². The number of hydrogen-bond donors (Lipinski definition) is 1. The summed E-state index contributed by atoms with van der Waals surface area (Å²) in [6.07, 6.45) is 6.61. The van der Waals surface area contributed by atoms with E-state index in [2.05, 4.69) is 36.3 Å². The lowest BCUT2D eigenvalue weighted by Gasteiger charge is -2.24. The number of carbonyl (C=O) groups is 1. The predicted octanol–water partition coefficient (Wildman–Crippen LogP) is 3.60. The molecule has 1 amide bonds. The molecule has 0 radical (unpaired) electrons. The summed E-state index contributed by atoms with van der Waals surface area (Å²) in [6.45, 7) is 3.60. The first-order valence-corrected chi connectivity index (χ1v) is 8.31. The van der Waals surface area contributed by atoms with Gasteiger partial charge in [-0.1, -0.05) is 0 Å². The quantitative estimate of drug-likeness (QED) is 0.705. The topological polar surface area (TPSA) is 81.9 Å². The molecule has 0 saturated carbocycles. The standard InChI is InChI=1S/C17H16BrN5O2/c1-17(2,23-11-12(18)10-21-23)15(24)22-13-4-6-14(7-5-13)25-16-19-8-3-9-20-16/h3-11H,1-2H3,(H,22,24). The number of halogens is 1. The van der Waals surface area contributed by atoms with Crippen LogP contribution in [-0.2, 0) is 10.3 Å². The fourth-order valence-electron chi connectivity index (χ4n) is 2.04. The van der Waals surface area contributed by atoms with Gasteiger partial charge in [-0.3, -0.25) is 9.48 Å². The first kappa shape index (κ1) is 17.1. The van der Waals surface area contributed by atoms with Crippen molar-refractivity contribution < 1.29 is 9.53 Å². The summed E-state index contributed by atoms with van der Waals surface area (Å²) in [6, 6.07) is 8.97. The lowest BCUT2D eigenvalue weighted by molar-refractivity contribution is -0.123. The van der Waals surface area contributed by atoms with Crippen molar-refractivity contribution >= 4 is 27.5 Å². The smallest absolute Gasteiger partial charge is 0.321 e. The van der Waals surface area contributed by atoms with Crippen LogP contribution in [0.1, 0.15) is 13.8 Å². The number of carbonyl (C=O) groups excluding carboxylic acids is 1. The second kappa shape index (κ2) is 7.02. The van der Waals surface area contributed by atoms with Crippen molar-refractivity contribution in [1.82, 2.24) is 19.7 Å². The molecule has 1 aromatic carbocycles. The third-order valence-corrected chi connectivity index (χ3v) is 3.95. The van der Waals surface area contributed by atoms with E-state index in [1.165, 1.54) is 0 Å². The molecule has 0 unspecified atom stereocenters. The van der Waals surface area contributed by atoms with Gasteiger partial charge < -0.3 is 10.1 Å². The Balaban J connectivity index is 1.67. The van der Waals surface area contributed by atoms with Crippen LogP contribution in [0.15, 0.2) is 59.6 Å². The molecule has 0 aliphatic heterocycles. The Morgan fingerprint density at radius 2 is 1.88 bits per heavy atom. The number of hydrogen-bond acceptors (Lipinski definition) is 5. The summed E-state index contributed by atoms with van der Waals surface area (Å²) in [4.78, 5) is 20.6. The van der Waals surface area contributed by atoms with Crippen molar-refractivity contribution in [3.8, 4) is 11.8 Å². The van der Waals surface area contributed by atoms with Crippen LogP contribution in [0, 0.1) is 0 Å². The van der Waals surface area contributed by atoms with E-state index in [0.717, 1.165) is 4.47 Å². The van der Waals surface area contributed by atoms with E-state index in [1.807, 2.05) is 0 Å². The van der Waals surface area contributed by atoms with Gasteiger partial charge in [-0.05, 0) is 60.1 Å². The van der Waals surface area contributed by atoms with Crippen molar-refractivity contribution in [1.29, 1.82) is 0 Å². The van der Waals surface area contributed by atoms with Gasteiger partial charge in [0.05, 0.1) is 10.7 Å². The molecule has 3 rings (SSSR count). The number of amides is 1. The maximum Gasteiger partial charge on any atom is 0.321 e. The number of nitrogens with zero attached hydrogens (tertiary/aromatic N) is 4. The number of ether oxygens (including phenoxy) is 1. The van der Waals surface area contributed by atoms with Crippen molar-refractivity contribution in [3.05, 3.63) is 59.6 Å². The molecule has 8 heteroatoms. The number of benzene rings is 1. The molecule has 0 fully saturated rings. The second-order valence-electron chi connectivity index (χ2n) is 5.77. The van der Waals surface area contributed by atoms with Crippen molar-refractivity contribution in [3.63, 3.8) is 0 Å². The highest BCUT2D eigenvalue weighted by atomic mass is 79.9. The number of rotatable bonds is 5. The van der Waals surface area contributed by atoms with Crippen LogP contribution in [0.25, 0.3) is 0 Å². The molecule has 25 heavy (non-hydrogen) atoms. The minimum atomic E-state index is -0.834. The molecule has 2 aromatic heterocycles. The fourth-order valence-corrected chi connectivity index (χ4v) is 2.33. The zero-order valence-electron chi connectivity index (χ0n) is 13.7. The van der Waals surface area contributed by atoms with Crippen molar-refractivity contribution in [2.24, 2.45) is 0 Å². The van der Waals surface area contributed by atoms with Gasteiger partial charge in [0.2, 0.25) is 0 Å². The SMILES string of the molecule is CC(C)(C(=O)Nc1ccc(Oc2ncccn2)cc1)n1cc(Br)cn1. The largest absolute Gasteiger partial charge is 0.424 e. The highest BCUT2D eigenvalue weighted by molar-refractivity contribution is 9.10. The van der Waals surface area contributed by atoms with Gasteiger partial charge in [-0.25, -0.2) is 9.97 Å². The monoisotopic (exact) mass is 401 g/mol. The average Bonchev–Trinajstić information content (AvgIpc) is 3.05. The Kier molecular flexibility index (Phi) is 4.80. The van der Waals surface area contributed by atoms with Crippen molar-refractivity contribution in [2.75, 3.05) is 5.32 Å². The first-order chi connectivity index (χ1) is 11.9. The highest BCUT2D eigenvalue weighted by Gasteiger charge is 2.30. The third kappa shape index (κ3) is 4.03. The van der Waals surface area contributed by atoms with Crippen LogP contribution in [-0.4, -0.2) is 25.7 Å². The Labute approximate surface area is 153 Å². The van der Waals surface area contributed by atoms with Crippen LogP contribution < -0.4 is 10.1 Å². The molecule has 128 valence electrons. The van der Waals surface area contributed by atoms with Gasteiger partial charge >= 0.3 is 6.01 Å². The highest BCUT2D eigenvalue weighted by Crippen LogP contribution is 2.23. The Morgan fingerprint density at radius 1 is 1.20 bits per heavy atom. The van der Waals surface area contributed by atoms with E-state index in [4.69, 9.17) is 4.74 Å². The van der Waals surface area contributed by atoms with Crippen LogP contribution >= 0.6 is 15.9 Å². The van der Waals surface area contributed by atoms with Gasteiger partial charge in [0, 0.05) is 24.3 Å². The Bertz CT molecular complexity index is 862. The summed E-state index contributed by atoms with van der Waals surface area (Å²) in [5, 5.41) is 7.07. The zero-order valence-corrected chi connectivity index (χ0v) is 15.3. The molecule has 2 heterocycles. The summed E-state index contributed by atoms with van der Waals surface area (Å²) in [5.74, 6) is 0.405. The summed E-state index contributed by atoms with van der Waals surface area (Å²) in [5.41, 5.74) is -0.176. The Hall–Kier alpha value is -2.74. The van der Waals surface area contributed by atoms with Crippen LogP contribution in [0.4, 0.5) is 5.69 Å². The molecule has 0 aliphatic rings. The molecule has 0 saturated heterocycles. The van der Waals surface area contributed by atoms with E-state index >= 15 is 0 Å². The van der Waals surface area contributed by atoms with E-state index in [0.29, 0.717) is 11.4 Å². The molecular weight excluding hydrogens is 386 g/mol.